The molecule has 0 saturated carbocycles. The third-order valence-corrected chi connectivity index (χ3v) is 2.43. The number of nitrogens with zero attached hydrogens (tertiary/aromatic N) is 3. The fourth-order valence-corrected chi connectivity index (χ4v) is 1.55. The third kappa shape index (κ3) is 4.94. The molecule has 1 heterocycles. The van der Waals surface area contributed by atoms with Crippen molar-refractivity contribution in [2.75, 3.05) is 19.8 Å². The molecule has 1 aromatic heterocycles. The van der Waals surface area contributed by atoms with E-state index >= 15 is 0 Å². The SMILES string of the molecule is C=C(/C=C(\C)c1nc(N)ccc1C(F)(F)F)N=CN(C)C. The molecule has 1 rings (SSSR count). The number of pyridine rings is 1. The summed E-state index contributed by atoms with van der Waals surface area (Å²) >= 11 is 0. The molecule has 0 aliphatic rings. The number of hydrogen-bond acceptors (Lipinski definition) is 3. The van der Waals surface area contributed by atoms with Crippen LogP contribution in [-0.2, 0) is 6.18 Å². The Morgan fingerprint density at radius 1 is 1.38 bits per heavy atom. The van der Waals surface area contributed by atoms with Crippen molar-refractivity contribution in [1.82, 2.24) is 9.88 Å². The minimum atomic E-state index is -4.50. The van der Waals surface area contributed by atoms with Crippen LogP contribution in [0.1, 0.15) is 18.2 Å². The lowest BCUT2D eigenvalue weighted by Crippen LogP contribution is -2.11. The number of nitrogens with two attached hydrogens (primary N) is 1. The molecular weight excluding hydrogens is 281 g/mol. The molecule has 7 heteroatoms. The van der Waals surface area contributed by atoms with Crippen molar-refractivity contribution in [3.05, 3.63) is 41.7 Å². The first-order valence-corrected chi connectivity index (χ1v) is 6.03. The summed E-state index contributed by atoms with van der Waals surface area (Å²) in [4.78, 5) is 9.46. The summed E-state index contributed by atoms with van der Waals surface area (Å²) in [7, 11) is 3.54. The Kier molecular flexibility index (Phi) is 5.12. The first kappa shape index (κ1) is 16.7. The predicted octanol–water partition coefficient (Wildman–Crippen LogP) is 3.19. The third-order valence-electron chi connectivity index (χ3n) is 2.43. The number of halogens is 3. The second kappa shape index (κ2) is 6.43. The second-order valence-electron chi connectivity index (χ2n) is 4.66. The molecule has 0 aromatic carbocycles. The van der Waals surface area contributed by atoms with Crippen LogP contribution in [0.3, 0.4) is 0 Å². The molecule has 0 aliphatic carbocycles. The largest absolute Gasteiger partial charge is 0.418 e. The minimum Gasteiger partial charge on any atom is -0.384 e. The zero-order valence-electron chi connectivity index (χ0n) is 12.1. The van der Waals surface area contributed by atoms with Crippen molar-refractivity contribution in [3.63, 3.8) is 0 Å². The van der Waals surface area contributed by atoms with Gasteiger partial charge in [-0.25, -0.2) is 9.98 Å². The molecule has 0 fully saturated rings. The van der Waals surface area contributed by atoms with Crippen LogP contribution in [0, 0.1) is 0 Å². The van der Waals surface area contributed by atoms with E-state index in [2.05, 4.69) is 16.6 Å². The van der Waals surface area contributed by atoms with Crippen LogP contribution in [0.4, 0.5) is 19.0 Å². The van der Waals surface area contributed by atoms with Crippen LogP contribution in [0.2, 0.25) is 0 Å². The fraction of sp³-hybridized carbons (Fsp3) is 0.286. The summed E-state index contributed by atoms with van der Waals surface area (Å²) in [5, 5.41) is 0. The van der Waals surface area contributed by atoms with Crippen LogP contribution >= 0.6 is 0 Å². The van der Waals surface area contributed by atoms with Crippen molar-refractivity contribution >= 4 is 17.7 Å². The molecule has 0 amide bonds. The van der Waals surface area contributed by atoms with Gasteiger partial charge in [0.2, 0.25) is 0 Å². The number of alkyl halides is 3. The van der Waals surface area contributed by atoms with E-state index in [1.165, 1.54) is 19.3 Å². The van der Waals surface area contributed by atoms with Crippen molar-refractivity contribution in [2.24, 2.45) is 4.99 Å². The molecule has 0 radical (unpaired) electrons. The molecule has 0 unspecified atom stereocenters. The maximum Gasteiger partial charge on any atom is 0.418 e. The van der Waals surface area contributed by atoms with E-state index in [1.54, 1.807) is 19.0 Å². The molecule has 0 spiro atoms. The normalized spacial score (nSPS) is 12.8. The molecule has 114 valence electrons. The monoisotopic (exact) mass is 298 g/mol. The summed E-state index contributed by atoms with van der Waals surface area (Å²) in [6.45, 7) is 5.17. The Morgan fingerprint density at radius 3 is 2.52 bits per heavy atom. The van der Waals surface area contributed by atoms with Gasteiger partial charge in [0.1, 0.15) is 5.82 Å². The smallest absolute Gasteiger partial charge is 0.384 e. The number of anilines is 1. The highest BCUT2D eigenvalue weighted by atomic mass is 19.4. The highest BCUT2D eigenvalue weighted by Crippen LogP contribution is 2.34. The van der Waals surface area contributed by atoms with Gasteiger partial charge in [0.25, 0.3) is 0 Å². The first-order valence-electron chi connectivity index (χ1n) is 6.03. The van der Waals surface area contributed by atoms with E-state index in [1.807, 2.05) is 0 Å². The number of rotatable bonds is 4. The van der Waals surface area contributed by atoms with Crippen molar-refractivity contribution < 1.29 is 13.2 Å². The quantitative estimate of drug-likeness (QED) is 0.527. The van der Waals surface area contributed by atoms with Gasteiger partial charge in [-0.2, -0.15) is 13.2 Å². The lowest BCUT2D eigenvalue weighted by atomic mass is 10.1. The number of allylic oxidation sites excluding steroid dienone is 2. The molecule has 0 bridgehead atoms. The van der Waals surface area contributed by atoms with Gasteiger partial charge >= 0.3 is 6.18 Å². The molecule has 0 atom stereocenters. The van der Waals surface area contributed by atoms with Gasteiger partial charge in [0.05, 0.1) is 23.3 Å². The maximum absolute atomic E-state index is 13.0. The van der Waals surface area contributed by atoms with Crippen molar-refractivity contribution in [3.8, 4) is 0 Å². The lowest BCUT2D eigenvalue weighted by molar-refractivity contribution is -0.138. The summed E-state index contributed by atoms with van der Waals surface area (Å²) in [6.07, 6.45) is -1.57. The molecule has 21 heavy (non-hydrogen) atoms. The number of nitrogen functional groups attached to an aromatic ring is 1. The highest BCUT2D eigenvalue weighted by molar-refractivity contribution is 5.68. The van der Waals surface area contributed by atoms with Gasteiger partial charge < -0.3 is 10.6 Å². The van der Waals surface area contributed by atoms with Crippen LogP contribution < -0.4 is 5.73 Å². The zero-order chi connectivity index (χ0) is 16.2. The zero-order valence-corrected chi connectivity index (χ0v) is 12.1. The summed E-state index contributed by atoms with van der Waals surface area (Å²) in [5.74, 6) is 0.0214. The van der Waals surface area contributed by atoms with Gasteiger partial charge in [-0.05, 0) is 30.7 Å². The van der Waals surface area contributed by atoms with Crippen LogP contribution in [-0.4, -0.2) is 30.3 Å². The van der Waals surface area contributed by atoms with Crippen LogP contribution in [0.5, 0.6) is 0 Å². The van der Waals surface area contributed by atoms with E-state index in [0.717, 1.165) is 12.1 Å². The molecular formula is C14H17F3N4. The van der Waals surface area contributed by atoms with Gasteiger partial charge in [-0.3, -0.25) is 0 Å². The van der Waals surface area contributed by atoms with Gasteiger partial charge in [-0.15, -0.1) is 0 Å². The average molecular weight is 298 g/mol. The average Bonchev–Trinajstić information content (AvgIpc) is 2.34. The summed E-state index contributed by atoms with van der Waals surface area (Å²) in [5.41, 5.74) is 5.02. The summed E-state index contributed by atoms with van der Waals surface area (Å²) in [6, 6.07) is 2.04. The standard InChI is InChI=1S/C14H17F3N4/c1-9(7-10(2)19-8-21(3)4)13-11(14(15,16)17)5-6-12(18)20-13/h5-8H,2H2,1,3-4H3,(H2,18,20)/b9-7+,19-8?. The van der Waals surface area contributed by atoms with Crippen molar-refractivity contribution in [2.45, 2.75) is 13.1 Å². The first-order chi connectivity index (χ1) is 9.61. The van der Waals surface area contributed by atoms with Crippen LogP contribution in [0.25, 0.3) is 5.57 Å². The number of aromatic nitrogens is 1. The molecule has 1 aromatic rings. The Hall–Kier alpha value is -2.31. The van der Waals surface area contributed by atoms with Gasteiger partial charge in [0.15, 0.2) is 0 Å². The number of aliphatic imine (C=N–C) groups is 1. The van der Waals surface area contributed by atoms with E-state index in [9.17, 15) is 13.2 Å². The Labute approximate surface area is 121 Å². The molecule has 0 saturated heterocycles. The topological polar surface area (TPSA) is 54.5 Å². The minimum absolute atomic E-state index is 0.0214. The Bertz CT molecular complexity index is 586. The number of hydrogen-bond donors (Lipinski definition) is 1. The fourth-order valence-electron chi connectivity index (χ4n) is 1.55. The van der Waals surface area contributed by atoms with Crippen molar-refractivity contribution in [1.29, 1.82) is 0 Å². The Balaban J connectivity index is 3.20. The molecule has 2 N–H and O–H groups in total. The Morgan fingerprint density at radius 2 is 2.00 bits per heavy atom. The van der Waals surface area contributed by atoms with E-state index in [4.69, 9.17) is 5.73 Å². The van der Waals surface area contributed by atoms with E-state index < -0.39 is 11.7 Å². The van der Waals surface area contributed by atoms with Gasteiger partial charge in [-0.1, -0.05) is 6.58 Å². The predicted molar refractivity (Wildman–Crippen MR) is 78.6 cm³/mol. The van der Waals surface area contributed by atoms with E-state index in [-0.39, 0.29) is 17.1 Å². The molecule has 0 aliphatic heterocycles. The highest BCUT2D eigenvalue weighted by Gasteiger charge is 2.34. The lowest BCUT2D eigenvalue weighted by Gasteiger charge is -2.13. The second-order valence-corrected chi connectivity index (χ2v) is 4.66. The van der Waals surface area contributed by atoms with E-state index in [0.29, 0.717) is 5.70 Å². The van der Waals surface area contributed by atoms with Gasteiger partial charge in [0, 0.05) is 14.1 Å². The maximum atomic E-state index is 13.0. The molecule has 4 nitrogen and oxygen atoms in total. The van der Waals surface area contributed by atoms with Crippen LogP contribution in [0.15, 0.2) is 35.5 Å². The summed E-state index contributed by atoms with van der Waals surface area (Å²) < 4.78 is 38.9.